The van der Waals surface area contributed by atoms with E-state index in [0.717, 1.165) is 60.4 Å². The van der Waals surface area contributed by atoms with Crippen molar-refractivity contribution >= 4 is 53.3 Å². The number of rotatable bonds is 8. The lowest BCUT2D eigenvalue weighted by Crippen LogP contribution is -2.04. The topological polar surface area (TPSA) is 43.6 Å². The van der Waals surface area contributed by atoms with Gasteiger partial charge in [0.15, 0.2) is 17.5 Å². The molecule has 10 aromatic carbocycles. The maximum atomic E-state index is 5.44. The van der Waals surface area contributed by atoms with Crippen LogP contribution in [0.2, 0.25) is 0 Å². The Balaban J connectivity index is 1.11. The molecule has 3 aromatic heterocycles. The minimum absolute atomic E-state index is 0.607. The summed E-state index contributed by atoms with van der Waals surface area (Å²) in [4.78, 5) is 16.0. The summed E-state index contributed by atoms with van der Waals surface area (Å²) in [6, 6.07) is 86.6. The van der Waals surface area contributed by atoms with Crippen molar-refractivity contribution in [2.24, 2.45) is 0 Å². The van der Waals surface area contributed by atoms with Gasteiger partial charge in [0.2, 0.25) is 0 Å². The highest BCUT2D eigenvalue weighted by atomic mass is 32.1. The Kier molecular flexibility index (Phi) is 9.66. The summed E-state index contributed by atoms with van der Waals surface area (Å²) in [5, 5.41) is 4.81. The third-order valence-electron chi connectivity index (χ3n) is 13.1. The molecule has 4 nitrogen and oxygen atoms in total. The Bertz CT molecular complexity index is 3840. The van der Waals surface area contributed by atoms with E-state index in [1.165, 1.54) is 48.5 Å². The molecule has 0 N–H and O–H groups in total. The molecular weight excluding hydrogens is 845 g/mol. The summed E-state index contributed by atoms with van der Waals surface area (Å²) in [6.45, 7) is 0. The highest BCUT2D eigenvalue weighted by molar-refractivity contribution is 7.26. The van der Waals surface area contributed by atoms with Crippen molar-refractivity contribution in [3.63, 3.8) is 0 Å². The fourth-order valence-corrected chi connectivity index (χ4v) is 11.0. The summed E-state index contributed by atoms with van der Waals surface area (Å²) >= 11 is 1.78. The van der Waals surface area contributed by atoms with Crippen LogP contribution >= 0.6 is 11.3 Å². The van der Waals surface area contributed by atoms with Crippen LogP contribution in [0.3, 0.4) is 0 Å². The largest absolute Gasteiger partial charge is 0.308 e. The molecule has 0 aliphatic carbocycles. The Hall–Kier alpha value is -8.77. The van der Waals surface area contributed by atoms with E-state index in [9.17, 15) is 0 Å². The van der Waals surface area contributed by atoms with Crippen LogP contribution in [0.1, 0.15) is 0 Å². The first-order chi connectivity index (χ1) is 33.7. The molecule has 0 spiro atoms. The molecule has 0 aliphatic rings. The van der Waals surface area contributed by atoms with Crippen molar-refractivity contribution in [3.05, 3.63) is 243 Å². The summed E-state index contributed by atoms with van der Waals surface area (Å²) < 4.78 is 4.88. The van der Waals surface area contributed by atoms with E-state index in [2.05, 4.69) is 229 Å². The molecule has 0 saturated heterocycles. The molecule has 0 bridgehead atoms. The Labute approximate surface area is 397 Å². The molecule has 5 heteroatoms. The second kappa shape index (κ2) is 16.6. The van der Waals surface area contributed by atoms with Crippen LogP contribution in [0.15, 0.2) is 243 Å². The van der Waals surface area contributed by atoms with E-state index in [1.54, 1.807) is 11.3 Å². The number of fused-ring (bicyclic) bond motifs is 6. The molecule has 0 radical (unpaired) electrons. The highest BCUT2D eigenvalue weighted by Crippen LogP contribution is 2.46. The summed E-state index contributed by atoms with van der Waals surface area (Å²) in [5.74, 6) is 1.87. The number of hydrogen-bond acceptors (Lipinski definition) is 4. The van der Waals surface area contributed by atoms with Gasteiger partial charge in [-0.1, -0.05) is 194 Å². The molecule has 0 saturated carbocycles. The second-order valence-corrected chi connectivity index (χ2v) is 18.2. The summed E-state index contributed by atoms with van der Waals surface area (Å²) in [6.07, 6.45) is 0. The summed E-state index contributed by atoms with van der Waals surface area (Å²) in [7, 11) is 0. The van der Waals surface area contributed by atoms with Gasteiger partial charge in [-0.2, -0.15) is 0 Å². The van der Waals surface area contributed by atoms with Gasteiger partial charge in [0, 0.05) is 58.8 Å². The van der Waals surface area contributed by atoms with Gasteiger partial charge in [0.1, 0.15) is 0 Å². The molecular formula is C63H40N4S. The zero-order valence-electron chi connectivity index (χ0n) is 36.8. The molecule has 0 fully saturated rings. The van der Waals surface area contributed by atoms with Gasteiger partial charge in [-0.3, -0.25) is 0 Å². The Morgan fingerprint density at radius 3 is 1.26 bits per heavy atom. The van der Waals surface area contributed by atoms with Crippen LogP contribution in [0.4, 0.5) is 0 Å². The van der Waals surface area contributed by atoms with Crippen molar-refractivity contribution in [1.29, 1.82) is 0 Å². The molecule has 318 valence electrons. The van der Waals surface area contributed by atoms with Crippen LogP contribution < -0.4 is 0 Å². The molecule has 0 aliphatic heterocycles. The van der Waals surface area contributed by atoms with E-state index in [4.69, 9.17) is 15.0 Å². The normalized spacial score (nSPS) is 11.5. The van der Waals surface area contributed by atoms with Crippen molar-refractivity contribution in [1.82, 2.24) is 19.5 Å². The number of nitrogens with zero attached hydrogens (tertiary/aromatic N) is 4. The number of benzene rings is 10. The molecule has 0 unspecified atom stereocenters. The van der Waals surface area contributed by atoms with Crippen molar-refractivity contribution < 1.29 is 0 Å². The van der Waals surface area contributed by atoms with Gasteiger partial charge in [0.25, 0.3) is 0 Å². The molecule has 0 amide bonds. The Morgan fingerprint density at radius 1 is 0.279 bits per heavy atom. The van der Waals surface area contributed by atoms with Gasteiger partial charge in [-0.15, -0.1) is 11.3 Å². The number of hydrogen-bond donors (Lipinski definition) is 0. The van der Waals surface area contributed by atoms with Crippen molar-refractivity contribution in [2.45, 2.75) is 0 Å². The smallest absolute Gasteiger partial charge is 0.165 e. The second-order valence-electron chi connectivity index (χ2n) is 17.1. The maximum absolute atomic E-state index is 5.44. The number of aromatic nitrogens is 4. The molecule has 68 heavy (non-hydrogen) atoms. The Morgan fingerprint density at radius 2 is 0.721 bits per heavy atom. The van der Waals surface area contributed by atoms with Crippen molar-refractivity contribution in [3.8, 4) is 84.4 Å². The zero-order chi connectivity index (χ0) is 45.0. The van der Waals surface area contributed by atoms with Crippen LogP contribution in [0.5, 0.6) is 0 Å². The molecule has 13 aromatic rings. The predicted octanol–water partition coefficient (Wildman–Crippen LogP) is 17.0. The monoisotopic (exact) mass is 884 g/mol. The van der Waals surface area contributed by atoms with Crippen LogP contribution in [0, 0.1) is 0 Å². The quantitative estimate of drug-likeness (QED) is 0.153. The van der Waals surface area contributed by atoms with Gasteiger partial charge in [-0.25, -0.2) is 15.0 Å². The highest BCUT2D eigenvalue weighted by Gasteiger charge is 2.24. The van der Waals surface area contributed by atoms with E-state index in [1.807, 2.05) is 18.2 Å². The SMILES string of the molecule is c1ccc(-c2ccc3c(c2)c2cc(-c4ccccc4)ccc2n3-c2c(-c3ccccc3)cc(-c3nc(-c4ccccc4)nc(-c4cccc5c4sc4ccccc45)n3)cc2-c2ccccc2)cc1. The molecule has 13 rings (SSSR count). The van der Waals surface area contributed by atoms with Gasteiger partial charge < -0.3 is 4.57 Å². The summed E-state index contributed by atoms with van der Waals surface area (Å²) in [5.41, 5.74) is 15.2. The lowest BCUT2D eigenvalue weighted by atomic mass is 9.92. The van der Waals surface area contributed by atoms with Crippen LogP contribution in [0.25, 0.3) is 126 Å². The first kappa shape index (κ1) is 39.6. The lowest BCUT2D eigenvalue weighted by molar-refractivity contribution is 1.08. The minimum atomic E-state index is 0.607. The van der Waals surface area contributed by atoms with Gasteiger partial charge >= 0.3 is 0 Å². The molecule has 3 heterocycles. The predicted molar refractivity (Wildman–Crippen MR) is 285 cm³/mol. The van der Waals surface area contributed by atoms with E-state index < -0.39 is 0 Å². The molecule has 0 atom stereocenters. The van der Waals surface area contributed by atoms with Gasteiger partial charge in [-0.05, 0) is 81.9 Å². The maximum Gasteiger partial charge on any atom is 0.165 e. The number of thiophene rings is 1. The fourth-order valence-electron chi connectivity index (χ4n) is 9.83. The average Bonchev–Trinajstić information content (AvgIpc) is 3.97. The third-order valence-corrected chi connectivity index (χ3v) is 14.3. The van der Waals surface area contributed by atoms with Crippen molar-refractivity contribution in [2.75, 3.05) is 0 Å². The first-order valence-electron chi connectivity index (χ1n) is 22.9. The first-order valence-corrected chi connectivity index (χ1v) is 23.7. The fraction of sp³-hybridized carbons (Fsp3) is 0. The standard InChI is InChI=1S/C63H40N4S/c1-6-19-41(20-7-1)46-33-35-56-54(37-46)55-38-47(42-21-8-2-9-22-42)34-36-57(55)67(56)59-52(43-23-10-3-11-24-43)39-48(40-53(59)44-25-12-4-13-26-44)62-64-61(45-27-14-5-15-28-45)65-63(66-62)51-31-18-30-50-49-29-16-17-32-58(49)68-60(50)51/h1-40H. The van der Waals surface area contributed by atoms with E-state index in [0.29, 0.717) is 17.5 Å². The van der Waals surface area contributed by atoms with Crippen LogP contribution in [-0.4, -0.2) is 19.5 Å². The average molecular weight is 885 g/mol. The minimum Gasteiger partial charge on any atom is -0.308 e. The lowest BCUT2D eigenvalue weighted by Gasteiger charge is -2.21. The van der Waals surface area contributed by atoms with Gasteiger partial charge in [0.05, 0.1) is 16.7 Å². The third kappa shape index (κ3) is 6.88. The van der Waals surface area contributed by atoms with E-state index in [-0.39, 0.29) is 0 Å². The zero-order valence-corrected chi connectivity index (χ0v) is 37.6. The van der Waals surface area contributed by atoms with Crippen LogP contribution in [-0.2, 0) is 0 Å². The van der Waals surface area contributed by atoms with E-state index >= 15 is 0 Å².